The number of anilines is 1. The molecular weight excluding hydrogens is 428 g/mol. The minimum atomic E-state index is 0.465. The monoisotopic (exact) mass is 456 g/mol. The molecule has 3 rings (SSSR count). The van der Waals surface area contributed by atoms with Crippen LogP contribution in [0.2, 0.25) is 0 Å². The lowest BCUT2D eigenvalue weighted by Crippen LogP contribution is -2.33. The zero-order valence-corrected chi connectivity index (χ0v) is 19.5. The highest BCUT2D eigenvalue weighted by Gasteiger charge is 2.20. The van der Waals surface area contributed by atoms with Gasteiger partial charge in [0.1, 0.15) is 11.5 Å². The SMILES string of the molecule is CCOc1ccc(NC(=S)N(Cc2ccco2)Cc2ccc(OC)c(OC)c2OC)cc1. The number of furan rings is 1. The van der Waals surface area contributed by atoms with Gasteiger partial charge in [-0.25, -0.2) is 0 Å². The number of hydrogen-bond acceptors (Lipinski definition) is 6. The van der Waals surface area contributed by atoms with Gasteiger partial charge in [-0.3, -0.25) is 0 Å². The molecule has 0 unspecified atom stereocenters. The molecule has 0 bridgehead atoms. The van der Waals surface area contributed by atoms with E-state index in [1.54, 1.807) is 27.6 Å². The minimum Gasteiger partial charge on any atom is -0.494 e. The first kappa shape index (κ1) is 23.3. The summed E-state index contributed by atoms with van der Waals surface area (Å²) in [4.78, 5) is 1.99. The second-order valence-corrected chi connectivity index (χ2v) is 7.20. The molecule has 32 heavy (non-hydrogen) atoms. The zero-order chi connectivity index (χ0) is 22.9. The molecule has 1 N–H and O–H groups in total. The largest absolute Gasteiger partial charge is 0.494 e. The molecule has 0 amide bonds. The fourth-order valence-electron chi connectivity index (χ4n) is 3.29. The van der Waals surface area contributed by atoms with E-state index in [0.717, 1.165) is 22.8 Å². The number of nitrogens with zero attached hydrogens (tertiary/aromatic N) is 1. The summed E-state index contributed by atoms with van der Waals surface area (Å²) in [7, 11) is 4.78. The van der Waals surface area contributed by atoms with Crippen molar-refractivity contribution in [2.45, 2.75) is 20.0 Å². The predicted octanol–water partition coefficient (Wildman–Crippen LogP) is 5.10. The van der Waals surface area contributed by atoms with Crippen molar-refractivity contribution in [3.8, 4) is 23.0 Å². The van der Waals surface area contributed by atoms with Gasteiger partial charge in [0.05, 0.1) is 40.7 Å². The molecule has 0 saturated carbocycles. The molecule has 0 saturated heterocycles. The molecule has 0 aliphatic heterocycles. The smallest absolute Gasteiger partial charge is 0.203 e. The van der Waals surface area contributed by atoms with Crippen molar-refractivity contribution in [2.24, 2.45) is 0 Å². The normalized spacial score (nSPS) is 10.4. The molecule has 0 spiro atoms. The Morgan fingerprint density at radius 1 is 0.938 bits per heavy atom. The number of methoxy groups -OCH3 is 3. The van der Waals surface area contributed by atoms with E-state index in [-0.39, 0.29) is 0 Å². The highest BCUT2D eigenvalue weighted by molar-refractivity contribution is 7.80. The lowest BCUT2D eigenvalue weighted by Gasteiger charge is -2.26. The number of rotatable bonds is 10. The summed E-state index contributed by atoms with van der Waals surface area (Å²) in [6, 6.07) is 15.2. The third kappa shape index (κ3) is 5.64. The van der Waals surface area contributed by atoms with Gasteiger partial charge in [0.25, 0.3) is 0 Å². The molecule has 1 heterocycles. The standard InChI is InChI=1S/C24H28N2O5S/c1-5-30-19-11-9-18(10-12-19)25-24(32)26(16-20-7-6-14-31-20)15-17-8-13-21(27-2)23(29-4)22(17)28-3/h6-14H,5,15-16H2,1-4H3,(H,25,32). The first-order chi connectivity index (χ1) is 15.6. The van der Waals surface area contributed by atoms with Crippen molar-refractivity contribution >= 4 is 23.0 Å². The molecule has 0 radical (unpaired) electrons. The van der Waals surface area contributed by atoms with Gasteiger partial charge in [0, 0.05) is 17.8 Å². The molecule has 7 nitrogen and oxygen atoms in total. The molecule has 170 valence electrons. The van der Waals surface area contributed by atoms with E-state index in [4.69, 9.17) is 35.6 Å². The summed E-state index contributed by atoms with van der Waals surface area (Å²) in [5.41, 5.74) is 1.76. The van der Waals surface area contributed by atoms with Crippen LogP contribution in [0.3, 0.4) is 0 Å². The fourth-order valence-corrected chi connectivity index (χ4v) is 3.53. The van der Waals surface area contributed by atoms with Crippen LogP contribution in [-0.4, -0.2) is 37.9 Å². The Hall–Kier alpha value is -3.39. The van der Waals surface area contributed by atoms with Crippen LogP contribution in [0.15, 0.2) is 59.2 Å². The van der Waals surface area contributed by atoms with E-state index < -0.39 is 0 Å². The van der Waals surface area contributed by atoms with Crippen LogP contribution in [-0.2, 0) is 13.1 Å². The number of benzene rings is 2. The molecular formula is C24H28N2O5S. The molecule has 1 aromatic heterocycles. The topological polar surface area (TPSA) is 65.3 Å². The lowest BCUT2D eigenvalue weighted by atomic mass is 10.1. The summed E-state index contributed by atoms with van der Waals surface area (Å²) in [6.07, 6.45) is 1.65. The summed E-state index contributed by atoms with van der Waals surface area (Å²) in [5.74, 6) is 3.34. The van der Waals surface area contributed by atoms with Crippen LogP contribution in [0.25, 0.3) is 0 Å². The Balaban J connectivity index is 1.85. The Kier molecular flexibility index (Phi) is 8.21. The third-order valence-electron chi connectivity index (χ3n) is 4.78. The Morgan fingerprint density at radius 3 is 2.28 bits per heavy atom. The maximum atomic E-state index is 5.75. The fraction of sp³-hybridized carbons (Fsp3) is 0.292. The molecule has 0 aliphatic rings. The van der Waals surface area contributed by atoms with Crippen LogP contribution in [0, 0.1) is 0 Å². The maximum absolute atomic E-state index is 5.75. The average molecular weight is 457 g/mol. The number of hydrogen-bond donors (Lipinski definition) is 1. The quantitative estimate of drug-likeness (QED) is 0.423. The van der Waals surface area contributed by atoms with Gasteiger partial charge >= 0.3 is 0 Å². The number of nitrogens with one attached hydrogen (secondary N) is 1. The van der Waals surface area contributed by atoms with Gasteiger partial charge < -0.3 is 33.6 Å². The summed E-state index contributed by atoms with van der Waals surface area (Å²) < 4.78 is 27.6. The van der Waals surface area contributed by atoms with Crippen molar-refractivity contribution < 1.29 is 23.4 Å². The zero-order valence-electron chi connectivity index (χ0n) is 18.7. The highest BCUT2D eigenvalue weighted by Crippen LogP contribution is 2.40. The van der Waals surface area contributed by atoms with E-state index in [1.807, 2.05) is 60.4 Å². The van der Waals surface area contributed by atoms with Crippen LogP contribution >= 0.6 is 12.2 Å². The first-order valence-corrected chi connectivity index (χ1v) is 10.6. The highest BCUT2D eigenvalue weighted by atomic mass is 32.1. The van der Waals surface area contributed by atoms with Gasteiger partial charge in [-0.2, -0.15) is 0 Å². The average Bonchev–Trinajstić information content (AvgIpc) is 3.32. The van der Waals surface area contributed by atoms with Crippen LogP contribution in [0.4, 0.5) is 5.69 Å². The predicted molar refractivity (Wildman–Crippen MR) is 128 cm³/mol. The first-order valence-electron chi connectivity index (χ1n) is 10.2. The molecule has 8 heteroatoms. The van der Waals surface area contributed by atoms with Gasteiger partial charge in [-0.05, 0) is 67.7 Å². The minimum absolute atomic E-state index is 0.465. The molecule has 0 fully saturated rings. The Bertz CT molecular complexity index is 1010. The van der Waals surface area contributed by atoms with Crippen LogP contribution < -0.4 is 24.3 Å². The van der Waals surface area contributed by atoms with Crippen molar-refractivity contribution in [3.63, 3.8) is 0 Å². The van der Waals surface area contributed by atoms with Crippen molar-refractivity contribution in [2.75, 3.05) is 33.3 Å². The van der Waals surface area contributed by atoms with E-state index in [9.17, 15) is 0 Å². The van der Waals surface area contributed by atoms with E-state index in [2.05, 4.69) is 5.32 Å². The van der Waals surface area contributed by atoms with E-state index in [1.165, 1.54) is 0 Å². The van der Waals surface area contributed by atoms with Gasteiger partial charge in [-0.1, -0.05) is 0 Å². The van der Waals surface area contributed by atoms with E-state index in [0.29, 0.717) is 42.1 Å². The van der Waals surface area contributed by atoms with Crippen molar-refractivity contribution in [1.82, 2.24) is 4.90 Å². The van der Waals surface area contributed by atoms with Gasteiger partial charge in [-0.15, -0.1) is 0 Å². The Labute approximate surface area is 193 Å². The second kappa shape index (κ2) is 11.3. The van der Waals surface area contributed by atoms with E-state index >= 15 is 0 Å². The van der Waals surface area contributed by atoms with Crippen molar-refractivity contribution in [3.05, 3.63) is 66.1 Å². The Morgan fingerprint density at radius 2 is 1.69 bits per heavy atom. The summed E-state index contributed by atoms with van der Waals surface area (Å²) in [5, 5.41) is 3.84. The van der Waals surface area contributed by atoms with Crippen molar-refractivity contribution in [1.29, 1.82) is 0 Å². The molecule has 0 aliphatic carbocycles. The molecule has 3 aromatic rings. The molecule has 0 atom stereocenters. The summed E-state index contributed by atoms with van der Waals surface area (Å²) in [6.45, 7) is 3.52. The lowest BCUT2D eigenvalue weighted by molar-refractivity contribution is 0.313. The second-order valence-electron chi connectivity index (χ2n) is 6.82. The van der Waals surface area contributed by atoms with Crippen LogP contribution in [0.5, 0.6) is 23.0 Å². The number of thiocarbonyl (C=S) groups is 1. The van der Waals surface area contributed by atoms with Gasteiger partial charge in [0.2, 0.25) is 5.75 Å². The maximum Gasteiger partial charge on any atom is 0.203 e. The molecule has 2 aromatic carbocycles. The number of ether oxygens (including phenoxy) is 4. The third-order valence-corrected chi connectivity index (χ3v) is 5.14. The van der Waals surface area contributed by atoms with Crippen LogP contribution in [0.1, 0.15) is 18.2 Å². The van der Waals surface area contributed by atoms with Gasteiger partial charge in [0.15, 0.2) is 16.6 Å². The summed E-state index contributed by atoms with van der Waals surface area (Å²) >= 11 is 5.75.